The third kappa shape index (κ3) is 2.08. The van der Waals surface area contributed by atoms with Crippen molar-refractivity contribution >= 4 is 27.5 Å². The topological polar surface area (TPSA) is 33.1 Å². The Morgan fingerprint density at radius 2 is 2.23 bits per heavy atom. The molecule has 0 atom stereocenters. The standard InChI is InChI=1S/C7H5BrClF2NO/c8-5-3(7(10)11)2-12-4(1-9)6(5)13/h2,7,13H,1H2. The van der Waals surface area contributed by atoms with Gasteiger partial charge in [-0.1, -0.05) is 0 Å². The molecule has 0 bridgehead atoms. The number of rotatable bonds is 2. The molecule has 1 aromatic heterocycles. The lowest BCUT2D eigenvalue weighted by Gasteiger charge is -2.06. The lowest BCUT2D eigenvalue weighted by atomic mass is 10.2. The third-order valence-electron chi connectivity index (χ3n) is 1.46. The van der Waals surface area contributed by atoms with Crippen LogP contribution in [0.25, 0.3) is 0 Å². The smallest absolute Gasteiger partial charge is 0.266 e. The molecular weight excluding hydrogens is 267 g/mol. The van der Waals surface area contributed by atoms with E-state index in [9.17, 15) is 13.9 Å². The second-order valence-electron chi connectivity index (χ2n) is 2.26. The first-order chi connectivity index (χ1) is 6.07. The van der Waals surface area contributed by atoms with Crippen molar-refractivity contribution in [3.63, 3.8) is 0 Å². The first-order valence-electron chi connectivity index (χ1n) is 3.28. The first-order valence-corrected chi connectivity index (χ1v) is 4.61. The van der Waals surface area contributed by atoms with Gasteiger partial charge in [0.1, 0.15) is 0 Å². The molecule has 2 nitrogen and oxygen atoms in total. The first kappa shape index (κ1) is 10.7. The van der Waals surface area contributed by atoms with Crippen LogP contribution in [0.1, 0.15) is 17.7 Å². The number of halogens is 4. The summed E-state index contributed by atoms with van der Waals surface area (Å²) in [5, 5.41) is 9.30. The van der Waals surface area contributed by atoms with Crippen molar-refractivity contribution < 1.29 is 13.9 Å². The van der Waals surface area contributed by atoms with Crippen LogP contribution in [0.4, 0.5) is 8.78 Å². The van der Waals surface area contributed by atoms with Crippen LogP contribution in [0.15, 0.2) is 10.7 Å². The maximum atomic E-state index is 12.2. The molecule has 1 N–H and O–H groups in total. The fourth-order valence-electron chi connectivity index (χ4n) is 0.779. The zero-order valence-corrected chi connectivity index (χ0v) is 8.61. The molecule has 0 saturated carbocycles. The van der Waals surface area contributed by atoms with E-state index in [-0.39, 0.29) is 27.4 Å². The highest BCUT2D eigenvalue weighted by Gasteiger charge is 2.17. The summed E-state index contributed by atoms with van der Waals surface area (Å²) < 4.78 is 24.4. The van der Waals surface area contributed by atoms with Crippen molar-refractivity contribution in [1.82, 2.24) is 4.98 Å². The van der Waals surface area contributed by atoms with Gasteiger partial charge in [0.15, 0.2) is 5.75 Å². The minimum Gasteiger partial charge on any atom is -0.505 e. The largest absolute Gasteiger partial charge is 0.505 e. The van der Waals surface area contributed by atoms with Gasteiger partial charge < -0.3 is 5.11 Å². The fourth-order valence-corrected chi connectivity index (χ4v) is 1.48. The van der Waals surface area contributed by atoms with E-state index >= 15 is 0 Å². The Hall–Kier alpha value is -0.420. The van der Waals surface area contributed by atoms with E-state index < -0.39 is 6.43 Å². The number of nitrogens with zero attached hydrogens (tertiary/aromatic N) is 1. The second-order valence-corrected chi connectivity index (χ2v) is 3.32. The van der Waals surface area contributed by atoms with Gasteiger partial charge in [-0.15, -0.1) is 11.6 Å². The molecule has 1 rings (SSSR count). The average Bonchev–Trinajstić information content (AvgIpc) is 2.09. The Bertz CT molecular complexity index is 322. The summed E-state index contributed by atoms with van der Waals surface area (Å²) in [6, 6.07) is 0. The van der Waals surface area contributed by atoms with Crippen LogP contribution >= 0.6 is 27.5 Å². The van der Waals surface area contributed by atoms with Crippen LogP contribution in [-0.2, 0) is 5.88 Å². The third-order valence-corrected chi connectivity index (χ3v) is 2.54. The van der Waals surface area contributed by atoms with Gasteiger partial charge in [-0.2, -0.15) is 0 Å². The fraction of sp³-hybridized carbons (Fsp3) is 0.286. The lowest BCUT2D eigenvalue weighted by molar-refractivity contribution is 0.149. The summed E-state index contributed by atoms with van der Waals surface area (Å²) in [6.07, 6.45) is -1.68. The maximum Gasteiger partial charge on any atom is 0.266 e. The zero-order chi connectivity index (χ0) is 10.0. The molecule has 1 aromatic rings. The highest BCUT2D eigenvalue weighted by Crippen LogP contribution is 2.35. The number of aromatic nitrogens is 1. The Morgan fingerprint density at radius 3 is 2.69 bits per heavy atom. The van der Waals surface area contributed by atoms with Gasteiger partial charge >= 0.3 is 0 Å². The number of pyridine rings is 1. The second kappa shape index (κ2) is 4.19. The Balaban J connectivity index is 3.23. The van der Waals surface area contributed by atoms with Gasteiger partial charge in [0.05, 0.1) is 21.6 Å². The van der Waals surface area contributed by atoms with Crippen molar-refractivity contribution in [2.45, 2.75) is 12.3 Å². The van der Waals surface area contributed by atoms with Crippen molar-refractivity contribution in [2.75, 3.05) is 0 Å². The molecule has 6 heteroatoms. The molecule has 0 aromatic carbocycles. The summed E-state index contributed by atoms with van der Waals surface area (Å²) in [5.74, 6) is -0.346. The summed E-state index contributed by atoms with van der Waals surface area (Å²) in [5.41, 5.74) is -0.163. The monoisotopic (exact) mass is 271 g/mol. The average molecular weight is 272 g/mol. The number of aromatic hydroxyl groups is 1. The molecule has 0 unspecified atom stereocenters. The van der Waals surface area contributed by atoms with Crippen LogP contribution in [0.5, 0.6) is 5.75 Å². The van der Waals surface area contributed by atoms with Crippen LogP contribution in [-0.4, -0.2) is 10.1 Å². The molecule has 0 aliphatic carbocycles. The molecule has 0 amide bonds. The van der Waals surface area contributed by atoms with Crippen LogP contribution in [0.3, 0.4) is 0 Å². The molecule has 0 saturated heterocycles. The summed E-state index contributed by atoms with van der Waals surface area (Å²) >= 11 is 8.25. The highest BCUT2D eigenvalue weighted by atomic mass is 79.9. The van der Waals surface area contributed by atoms with Gasteiger partial charge in [0.2, 0.25) is 0 Å². The molecule has 1 heterocycles. The molecule has 0 aliphatic rings. The minimum absolute atomic E-state index is 0.0199. The predicted molar refractivity (Wildman–Crippen MR) is 48.1 cm³/mol. The van der Waals surface area contributed by atoms with Crippen molar-refractivity contribution in [3.05, 3.63) is 21.9 Å². The molecule has 13 heavy (non-hydrogen) atoms. The molecule has 0 fully saturated rings. The SMILES string of the molecule is Oc1c(CCl)ncc(C(F)F)c1Br. The van der Waals surface area contributed by atoms with E-state index in [0.717, 1.165) is 6.20 Å². The van der Waals surface area contributed by atoms with E-state index in [1.807, 2.05) is 0 Å². The highest BCUT2D eigenvalue weighted by molar-refractivity contribution is 9.10. The van der Waals surface area contributed by atoms with Crippen molar-refractivity contribution in [3.8, 4) is 5.75 Å². The van der Waals surface area contributed by atoms with Crippen LogP contribution in [0, 0.1) is 0 Å². The van der Waals surface area contributed by atoms with E-state index in [0.29, 0.717) is 0 Å². The summed E-state index contributed by atoms with van der Waals surface area (Å²) in [4.78, 5) is 3.59. The Kier molecular flexibility index (Phi) is 3.44. The van der Waals surface area contributed by atoms with Gasteiger partial charge in [-0.3, -0.25) is 4.98 Å². The van der Waals surface area contributed by atoms with Crippen molar-refractivity contribution in [1.29, 1.82) is 0 Å². The molecule has 72 valence electrons. The van der Waals surface area contributed by atoms with Gasteiger partial charge in [0.25, 0.3) is 6.43 Å². The lowest BCUT2D eigenvalue weighted by Crippen LogP contribution is -1.93. The Morgan fingerprint density at radius 1 is 1.62 bits per heavy atom. The van der Waals surface area contributed by atoms with Crippen molar-refractivity contribution in [2.24, 2.45) is 0 Å². The minimum atomic E-state index is -2.67. The number of alkyl halides is 3. The normalized spacial score (nSPS) is 10.8. The predicted octanol–water partition coefficient (Wildman–Crippen LogP) is 3.23. The van der Waals surface area contributed by atoms with E-state index in [2.05, 4.69) is 20.9 Å². The van der Waals surface area contributed by atoms with Crippen LogP contribution in [0.2, 0.25) is 0 Å². The summed E-state index contributed by atoms with van der Waals surface area (Å²) in [7, 11) is 0. The maximum absolute atomic E-state index is 12.2. The van der Waals surface area contributed by atoms with Gasteiger partial charge in [0, 0.05) is 6.20 Å². The molecule has 0 aliphatic heterocycles. The molecular formula is C7H5BrClF2NO. The van der Waals surface area contributed by atoms with Gasteiger partial charge in [-0.25, -0.2) is 8.78 Å². The van der Waals surface area contributed by atoms with E-state index in [1.165, 1.54) is 0 Å². The quantitative estimate of drug-likeness (QED) is 0.839. The van der Waals surface area contributed by atoms with Gasteiger partial charge in [-0.05, 0) is 15.9 Å². The van der Waals surface area contributed by atoms with Crippen LogP contribution < -0.4 is 0 Å². The molecule has 0 radical (unpaired) electrons. The van der Waals surface area contributed by atoms with E-state index in [4.69, 9.17) is 11.6 Å². The zero-order valence-electron chi connectivity index (χ0n) is 6.27. The Labute approximate surface area is 86.7 Å². The number of hydrogen-bond acceptors (Lipinski definition) is 2. The number of hydrogen-bond donors (Lipinski definition) is 1. The summed E-state index contributed by atoms with van der Waals surface area (Å²) in [6.45, 7) is 0. The molecule has 0 spiro atoms. The van der Waals surface area contributed by atoms with E-state index in [1.54, 1.807) is 0 Å².